The van der Waals surface area contributed by atoms with Crippen molar-refractivity contribution in [3.8, 4) is 11.5 Å². The number of nitrogens with zero attached hydrogens (tertiary/aromatic N) is 3. The molecule has 0 unspecified atom stereocenters. The van der Waals surface area contributed by atoms with Crippen molar-refractivity contribution in [1.82, 2.24) is 14.8 Å². The number of benzene rings is 1. The van der Waals surface area contributed by atoms with Crippen LogP contribution in [0.1, 0.15) is 45.8 Å². The number of halogens is 1. The molecule has 10 heteroatoms. The van der Waals surface area contributed by atoms with Crippen molar-refractivity contribution in [3.05, 3.63) is 63.8 Å². The monoisotopic (exact) mass is 557 g/mol. The summed E-state index contributed by atoms with van der Waals surface area (Å²) in [4.78, 5) is 32.9. The van der Waals surface area contributed by atoms with Crippen molar-refractivity contribution >= 4 is 28.6 Å². The van der Waals surface area contributed by atoms with Gasteiger partial charge in [0.1, 0.15) is 23.4 Å². The summed E-state index contributed by atoms with van der Waals surface area (Å²) in [6.45, 7) is 9.56. The van der Waals surface area contributed by atoms with Crippen LogP contribution < -0.4 is 14.9 Å². The Hall–Kier alpha value is -3.30. The summed E-state index contributed by atoms with van der Waals surface area (Å²) in [6.07, 6.45) is 5.35. The van der Waals surface area contributed by atoms with Crippen molar-refractivity contribution in [1.29, 1.82) is 0 Å². The number of fused-ring (bicyclic) bond motifs is 1. The molecule has 1 saturated heterocycles. The zero-order valence-corrected chi connectivity index (χ0v) is 23.5. The SMILES string of the molecule is CC(C)(C)OC(=O)N1CCN(Cc2cc(=O)c(OCCCCCOc3ccnc4cc(Cl)ccc34)co2)CC1. The van der Waals surface area contributed by atoms with Gasteiger partial charge in [0.25, 0.3) is 0 Å². The van der Waals surface area contributed by atoms with Crippen LogP contribution in [0.25, 0.3) is 10.9 Å². The zero-order chi connectivity index (χ0) is 27.8. The van der Waals surface area contributed by atoms with Gasteiger partial charge in [-0.05, 0) is 64.3 Å². The minimum atomic E-state index is -0.512. The van der Waals surface area contributed by atoms with Crippen molar-refractivity contribution in [3.63, 3.8) is 0 Å². The lowest BCUT2D eigenvalue weighted by Crippen LogP contribution is -2.49. The van der Waals surface area contributed by atoms with Crippen LogP contribution in [0.15, 0.2) is 52.0 Å². The first kappa shape index (κ1) is 28.7. The van der Waals surface area contributed by atoms with E-state index in [1.165, 1.54) is 12.3 Å². The highest BCUT2D eigenvalue weighted by Crippen LogP contribution is 2.26. The standard InChI is InChI=1S/C29H36ClN3O6/c1-29(2,3)39-28(35)33-13-11-32(12-14-33)19-22-18-25(34)27(20-38-22)37-16-6-4-5-15-36-26-9-10-31-24-17-21(30)7-8-23(24)26/h7-10,17-18,20H,4-6,11-16,19H2,1-3H3. The van der Waals surface area contributed by atoms with Gasteiger partial charge in [0, 0.05) is 48.9 Å². The van der Waals surface area contributed by atoms with E-state index in [-0.39, 0.29) is 17.3 Å². The van der Waals surface area contributed by atoms with E-state index in [4.69, 9.17) is 30.2 Å². The van der Waals surface area contributed by atoms with Crippen LogP contribution in [0.3, 0.4) is 0 Å². The van der Waals surface area contributed by atoms with Crippen molar-refractivity contribution in [2.24, 2.45) is 0 Å². The molecule has 1 aromatic carbocycles. The summed E-state index contributed by atoms with van der Waals surface area (Å²) in [6, 6.07) is 8.90. The Morgan fingerprint density at radius 2 is 1.72 bits per heavy atom. The maximum Gasteiger partial charge on any atom is 0.410 e. The van der Waals surface area contributed by atoms with Crippen molar-refractivity contribution in [2.45, 2.75) is 52.2 Å². The van der Waals surface area contributed by atoms with E-state index < -0.39 is 5.60 Å². The highest BCUT2D eigenvalue weighted by molar-refractivity contribution is 6.31. The molecule has 39 heavy (non-hydrogen) atoms. The van der Waals surface area contributed by atoms with Gasteiger partial charge in [-0.2, -0.15) is 0 Å². The molecular weight excluding hydrogens is 522 g/mol. The molecule has 1 fully saturated rings. The van der Waals surface area contributed by atoms with E-state index >= 15 is 0 Å². The summed E-state index contributed by atoms with van der Waals surface area (Å²) < 4.78 is 22.7. The number of hydrogen-bond donors (Lipinski definition) is 0. The zero-order valence-electron chi connectivity index (χ0n) is 22.8. The third kappa shape index (κ3) is 8.60. The highest BCUT2D eigenvalue weighted by atomic mass is 35.5. The second kappa shape index (κ2) is 13.2. The molecule has 0 atom stereocenters. The molecule has 0 spiro atoms. The Kier molecular flexibility index (Phi) is 9.69. The number of rotatable bonds is 10. The van der Waals surface area contributed by atoms with Crippen LogP contribution in [0.2, 0.25) is 5.02 Å². The molecule has 0 radical (unpaired) electrons. The number of hydrogen-bond acceptors (Lipinski definition) is 8. The average molecular weight is 558 g/mol. The summed E-state index contributed by atoms with van der Waals surface area (Å²) in [5, 5.41) is 1.58. The molecule has 0 saturated carbocycles. The van der Waals surface area contributed by atoms with Gasteiger partial charge in [-0.15, -0.1) is 0 Å². The minimum absolute atomic E-state index is 0.198. The normalized spacial score (nSPS) is 14.4. The fraction of sp³-hybridized carbons (Fsp3) is 0.483. The predicted molar refractivity (Wildman–Crippen MR) is 150 cm³/mol. The third-order valence-electron chi connectivity index (χ3n) is 6.22. The Bertz CT molecular complexity index is 1310. The summed E-state index contributed by atoms with van der Waals surface area (Å²) >= 11 is 6.04. The molecule has 1 amide bonds. The van der Waals surface area contributed by atoms with Crippen LogP contribution in [0, 0.1) is 0 Å². The Morgan fingerprint density at radius 3 is 2.41 bits per heavy atom. The number of unbranched alkanes of at least 4 members (excludes halogenated alkanes) is 2. The molecule has 9 nitrogen and oxygen atoms in total. The number of amides is 1. The van der Waals surface area contributed by atoms with Gasteiger partial charge in [0.15, 0.2) is 0 Å². The molecule has 0 bridgehead atoms. The molecular formula is C29H36ClN3O6. The number of carbonyl (C=O) groups is 1. The minimum Gasteiger partial charge on any atom is -0.493 e. The fourth-order valence-corrected chi connectivity index (χ4v) is 4.39. The number of ether oxygens (including phenoxy) is 3. The number of piperazine rings is 1. The summed E-state index contributed by atoms with van der Waals surface area (Å²) in [7, 11) is 0. The number of aromatic nitrogens is 1. The fourth-order valence-electron chi connectivity index (χ4n) is 4.23. The molecule has 3 aromatic rings. The van der Waals surface area contributed by atoms with E-state index in [1.54, 1.807) is 11.1 Å². The largest absolute Gasteiger partial charge is 0.493 e. The van der Waals surface area contributed by atoms with E-state index in [9.17, 15) is 9.59 Å². The van der Waals surface area contributed by atoms with Gasteiger partial charge in [-0.3, -0.25) is 14.7 Å². The van der Waals surface area contributed by atoms with Crippen LogP contribution in [-0.4, -0.2) is 65.9 Å². The topological polar surface area (TPSA) is 94.3 Å². The smallest absolute Gasteiger partial charge is 0.410 e. The molecule has 2 aromatic heterocycles. The Balaban J connectivity index is 1.13. The van der Waals surface area contributed by atoms with E-state index in [1.807, 2.05) is 45.0 Å². The number of pyridine rings is 1. The van der Waals surface area contributed by atoms with Gasteiger partial charge in [0.05, 0.1) is 25.3 Å². The van der Waals surface area contributed by atoms with Gasteiger partial charge in [0.2, 0.25) is 11.2 Å². The Labute approximate surface area is 233 Å². The summed E-state index contributed by atoms with van der Waals surface area (Å²) in [5.41, 5.74) is 0.0952. The second-order valence-corrected chi connectivity index (χ2v) is 11.0. The first-order valence-electron chi connectivity index (χ1n) is 13.3. The van der Waals surface area contributed by atoms with E-state index in [2.05, 4.69) is 9.88 Å². The van der Waals surface area contributed by atoms with Gasteiger partial charge in [-0.25, -0.2) is 4.79 Å². The second-order valence-electron chi connectivity index (χ2n) is 10.5. The van der Waals surface area contributed by atoms with Crippen LogP contribution in [0.5, 0.6) is 11.5 Å². The lowest BCUT2D eigenvalue weighted by atomic mass is 10.2. The summed E-state index contributed by atoms with van der Waals surface area (Å²) in [5.74, 6) is 1.57. The molecule has 0 N–H and O–H groups in total. The molecule has 0 aliphatic carbocycles. The lowest BCUT2D eigenvalue weighted by Gasteiger charge is -2.35. The first-order chi connectivity index (χ1) is 18.7. The van der Waals surface area contributed by atoms with Gasteiger partial charge >= 0.3 is 6.09 Å². The molecule has 3 heterocycles. The van der Waals surface area contributed by atoms with Crippen LogP contribution in [-0.2, 0) is 11.3 Å². The van der Waals surface area contributed by atoms with Crippen molar-refractivity contribution in [2.75, 3.05) is 39.4 Å². The first-order valence-corrected chi connectivity index (χ1v) is 13.7. The van der Waals surface area contributed by atoms with Crippen molar-refractivity contribution < 1.29 is 23.4 Å². The van der Waals surface area contributed by atoms with E-state index in [0.717, 1.165) is 35.9 Å². The maximum absolute atomic E-state index is 12.5. The molecule has 1 aliphatic heterocycles. The van der Waals surface area contributed by atoms with Gasteiger partial charge in [-0.1, -0.05) is 11.6 Å². The maximum atomic E-state index is 12.5. The van der Waals surface area contributed by atoms with Gasteiger partial charge < -0.3 is 23.5 Å². The molecule has 1 aliphatic rings. The lowest BCUT2D eigenvalue weighted by molar-refractivity contribution is 0.0134. The molecule has 210 valence electrons. The highest BCUT2D eigenvalue weighted by Gasteiger charge is 2.26. The van der Waals surface area contributed by atoms with E-state index in [0.29, 0.717) is 56.7 Å². The third-order valence-corrected chi connectivity index (χ3v) is 6.46. The van der Waals surface area contributed by atoms with Crippen LogP contribution >= 0.6 is 11.6 Å². The number of carbonyl (C=O) groups excluding carboxylic acids is 1. The molecule has 4 rings (SSSR count). The quantitative estimate of drug-likeness (QED) is 0.301. The van der Waals surface area contributed by atoms with Crippen LogP contribution in [0.4, 0.5) is 4.79 Å². The Morgan fingerprint density at radius 1 is 1.00 bits per heavy atom. The average Bonchev–Trinajstić information content (AvgIpc) is 2.88. The predicted octanol–water partition coefficient (Wildman–Crippen LogP) is 5.52.